The van der Waals surface area contributed by atoms with Crippen LogP contribution in [-0.4, -0.2) is 30.5 Å². The highest BCUT2D eigenvalue weighted by molar-refractivity contribution is 7.89. The molecule has 0 aliphatic rings. The number of rotatable bonds is 5. The Hall–Kier alpha value is -1.68. The van der Waals surface area contributed by atoms with Crippen LogP contribution in [0.3, 0.4) is 0 Å². The number of pyridine rings is 1. The van der Waals surface area contributed by atoms with Crippen molar-refractivity contribution in [2.75, 3.05) is 0 Å². The van der Waals surface area contributed by atoms with Crippen molar-refractivity contribution in [3.05, 3.63) is 24.0 Å². The van der Waals surface area contributed by atoms with Crippen molar-refractivity contribution in [3.63, 3.8) is 0 Å². The number of nitrogens with one attached hydrogen (secondary N) is 1. The van der Waals surface area contributed by atoms with E-state index in [1.807, 2.05) is 4.72 Å². The lowest BCUT2D eigenvalue weighted by atomic mass is 10.1. The van der Waals surface area contributed by atoms with Crippen LogP contribution in [0, 0.1) is 5.92 Å². The van der Waals surface area contributed by atoms with E-state index in [-0.39, 0.29) is 0 Å². The van der Waals surface area contributed by atoms with Gasteiger partial charge in [0.2, 0.25) is 10.0 Å². The van der Waals surface area contributed by atoms with E-state index in [1.165, 1.54) is 13.8 Å². The van der Waals surface area contributed by atoms with Gasteiger partial charge >= 0.3 is 12.1 Å². The monoisotopic (exact) mass is 326 g/mol. The predicted octanol–water partition coefficient (Wildman–Crippen LogP) is 1.49. The van der Waals surface area contributed by atoms with Crippen molar-refractivity contribution in [1.82, 2.24) is 9.71 Å². The molecule has 2 N–H and O–H groups in total. The summed E-state index contributed by atoms with van der Waals surface area (Å²) in [5.74, 6) is -1.92. The Morgan fingerprint density at radius 1 is 1.33 bits per heavy atom. The fraction of sp³-hybridized carbons (Fsp3) is 0.455. The number of carbonyl (C=O) groups is 1. The first-order chi connectivity index (χ1) is 9.45. The largest absolute Gasteiger partial charge is 0.480 e. The van der Waals surface area contributed by atoms with Gasteiger partial charge in [0.1, 0.15) is 16.6 Å². The molecule has 0 aromatic carbocycles. The van der Waals surface area contributed by atoms with Crippen molar-refractivity contribution in [1.29, 1.82) is 0 Å². The van der Waals surface area contributed by atoms with Crippen LogP contribution in [0.2, 0.25) is 0 Å². The summed E-state index contributed by atoms with van der Waals surface area (Å²) in [5.41, 5.74) is -1.24. The summed E-state index contributed by atoms with van der Waals surface area (Å²) in [6.07, 6.45) is -4.15. The first kappa shape index (κ1) is 17.4. The fourth-order valence-electron chi connectivity index (χ4n) is 1.41. The van der Waals surface area contributed by atoms with E-state index in [4.69, 9.17) is 5.11 Å². The minimum Gasteiger partial charge on any atom is -0.480 e. The van der Waals surface area contributed by atoms with E-state index in [1.54, 1.807) is 0 Å². The molecular weight excluding hydrogens is 313 g/mol. The maximum absolute atomic E-state index is 12.3. The second kappa shape index (κ2) is 5.98. The van der Waals surface area contributed by atoms with Gasteiger partial charge in [0.05, 0.1) is 0 Å². The van der Waals surface area contributed by atoms with Crippen LogP contribution >= 0.6 is 0 Å². The number of alkyl halides is 3. The Bertz CT molecular complexity index is 611. The second-order valence-corrected chi connectivity index (χ2v) is 6.27. The maximum Gasteiger partial charge on any atom is 0.433 e. The summed E-state index contributed by atoms with van der Waals surface area (Å²) < 4.78 is 62.7. The molecule has 0 fully saturated rings. The molecule has 1 heterocycles. The van der Waals surface area contributed by atoms with Crippen molar-refractivity contribution in [3.8, 4) is 0 Å². The minimum absolute atomic E-state index is 0.514. The first-order valence-corrected chi connectivity index (χ1v) is 7.22. The van der Waals surface area contributed by atoms with Crippen LogP contribution in [0.15, 0.2) is 23.2 Å². The highest BCUT2D eigenvalue weighted by Crippen LogP contribution is 2.27. The molecule has 118 valence electrons. The molecule has 0 saturated carbocycles. The van der Waals surface area contributed by atoms with Gasteiger partial charge < -0.3 is 5.11 Å². The second-order valence-electron chi connectivity index (χ2n) is 4.56. The molecule has 0 unspecified atom stereocenters. The number of hydrogen-bond acceptors (Lipinski definition) is 4. The van der Waals surface area contributed by atoms with Crippen LogP contribution in [0.25, 0.3) is 0 Å². The van der Waals surface area contributed by atoms with Gasteiger partial charge in [-0.05, 0) is 18.1 Å². The molecule has 6 nitrogen and oxygen atoms in total. The van der Waals surface area contributed by atoms with E-state index in [9.17, 15) is 26.4 Å². The molecular formula is C11H13F3N2O4S. The molecule has 0 aliphatic heterocycles. The topological polar surface area (TPSA) is 96.4 Å². The SMILES string of the molecule is CC(C)[C@H](NS(=O)(=O)c1ccc(C(F)(F)F)nc1)C(=O)O. The number of hydrogen-bond donors (Lipinski definition) is 2. The van der Waals surface area contributed by atoms with Gasteiger partial charge in [-0.25, -0.2) is 8.42 Å². The maximum atomic E-state index is 12.3. The lowest BCUT2D eigenvalue weighted by Crippen LogP contribution is -2.44. The third-order valence-corrected chi connectivity index (χ3v) is 3.98. The quantitative estimate of drug-likeness (QED) is 0.854. The Morgan fingerprint density at radius 3 is 2.24 bits per heavy atom. The van der Waals surface area contributed by atoms with Gasteiger partial charge in [0.25, 0.3) is 0 Å². The van der Waals surface area contributed by atoms with E-state index in [2.05, 4.69) is 4.98 Å². The molecule has 0 amide bonds. The highest BCUT2D eigenvalue weighted by Gasteiger charge is 2.33. The third-order valence-electron chi connectivity index (χ3n) is 2.55. The summed E-state index contributed by atoms with van der Waals surface area (Å²) >= 11 is 0. The smallest absolute Gasteiger partial charge is 0.433 e. The van der Waals surface area contributed by atoms with Crippen LogP contribution < -0.4 is 4.72 Å². The van der Waals surface area contributed by atoms with Gasteiger partial charge in [-0.2, -0.15) is 17.9 Å². The third kappa shape index (κ3) is 4.39. The molecule has 21 heavy (non-hydrogen) atoms. The van der Waals surface area contributed by atoms with E-state index in [0.717, 1.165) is 6.07 Å². The van der Waals surface area contributed by atoms with Crippen LogP contribution in [-0.2, 0) is 21.0 Å². The number of carboxylic acids is 1. The van der Waals surface area contributed by atoms with Crippen LogP contribution in [0.4, 0.5) is 13.2 Å². The Labute approximate surface area is 119 Å². The molecule has 10 heteroatoms. The van der Waals surface area contributed by atoms with Crippen LogP contribution in [0.5, 0.6) is 0 Å². The summed E-state index contributed by atoms with van der Waals surface area (Å²) in [5, 5.41) is 8.91. The average Bonchev–Trinajstić information content (AvgIpc) is 2.34. The van der Waals surface area contributed by atoms with E-state index in [0.29, 0.717) is 12.3 Å². The number of aliphatic carboxylic acids is 1. The standard InChI is InChI=1S/C11H13F3N2O4S/c1-6(2)9(10(17)18)16-21(19,20)7-3-4-8(15-5-7)11(12,13)14/h3-6,9,16H,1-2H3,(H,17,18)/t9-/m0/s1. The zero-order valence-electron chi connectivity index (χ0n) is 11.0. The minimum atomic E-state index is -4.68. The van der Waals surface area contributed by atoms with Gasteiger partial charge in [-0.15, -0.1) is 0 Å². The lowest BCUT2D eigenvalue weighted by Gasteiger charge is -2.18. The molecule has 0 spiro atoms. The molecule has 1 aromatic rings. The van der Waals surface area contributed by atoms with Gasteiger partial charge in [0, 0.05) is 6.20 Å². The Morgan fingerprint density at radius 2 is 1.90 bits per heavy atom. The van der Waals surface area contributed by atoms with E-state index < -0.39 is 44.7 Å². The molecule has 0 radical (unpaired) electrons. The summed E-state index contributed by atoms with van der Waals surface area (Å²) in [6.45, 7) is 2.98. The number of halogens is 3. The highest BCUT2D eigenvalue weighted by atomic mass is 32.2. The molecule has 0 bridgehead atoms. The van der Waals surface area contributed by atoms with Crippen molar-refractivity contribution >= 4 is 16.0 Å². The lowest BCUT2D eigenvalue weighted by molar-refractivity contribution is -0.141. The zero-order valence-corrected chi connectivity index (χ0v) is 11.9. The molecule has 1 rings (SSSR count). The number of carboxylic acid groups (broad SMARTS) is 1. The zero-order chi connectivity index (χ0) is 16.4. The predicted molar refractivity (Wildman–Crippen MR) is 65.8 cm³/mol. The first-order valence-electron chi connectivity index (χ1n) is 5.73. The molecule has 0 aliphatic carbocycles. The van der Waals surface area contributed by atoms with Gasteiger partial charge in [-0.3, -0.25) is 9.78 Å². The Balaban J connectivity index is 3.06. The van der Waals surface area contributed by atoms with Crippen LogP contribution in [0.1, 0.15) is 19.5 Å². The van der Waals surface area contributed by atoms with Crippen molar-refractivity contribution < 1.29 is 31.5 Å². The number of aromatic nitrogens is 1. The van der Waals surface area contributed by atoms with Crippen molar-refractivity contribution in [2.24, 2.45) is 5.92 Å². The number of nitrogens with zero attached hydrogens (tertiary/aromatic N) is 1. The summed E-state index contributed by atoms with van der Waals surface area (Å²) in [6, 6.07) is -0.158. The van der Waals surface area contributed by atoms with E-state index >= 15 is 0 Å². The number of sulfonamides is 1. The average molecular weight is 326 g/mol. The molecule has 0 saturated heterocycles. The summed E-state index contributed by atoms with van der Waals surface area (Å²) in [7, 11) is -4.27. The van der Waals surface area contributed by atoms with Gasteiger partial charge in [-0.1, -0.05) is 13.8 Å². The molecule has 1 atom stereocenters. The summed E-state index contributed by atoms with van der Waals surface area (Å²) in [4.78, 5) is 13.4. The van der Waals surface area contributed by atoms with Crippen molar-refractivity contribution in [2.45, 2.75) is 31.0 Å². The normalized spacial score (nSPS) is 14.2. The fourth-order valence-corrected chi connectivity index (χ4v) is 2.70. The Kier molecular flexibility index (Phi) is 4.95. The van der Waals surface area contributed by atoms with Gasteiger partial charge in [0.15, 0.2) is 0 Å². The molecule has 1 aromatic heterocycles.